The van der Waals surface area contributed by atoms with Gasteiger partial charge in [-0.2, -0.15) is 4.57 Å². The van der Waals surface area contributed by atoms with Gasteiger partial charge in [-0.3, -0.25) is 0 Å². The molecule has 0 spiro atoms. The van der Waals surface area contributed by atoms with Gasteiger partial charge in [0.1, 0.15) is 6.54 Å². The molecule has 0 saturated heterocycles. The smallest absolute Gasteiger partial charge is 0.195 e. The van der Waals surface area contributed by atoms with Crippen LogP contribution in [0.15, 0.2) is 42.5 Å². The fourth-order valence-electron chi connectivity index (χ4n) is 5.15. The van der Waals surface area contributed by atoms with Crippen molar-refractivity contribution in [1.29, 1.82) is 0 Å². The lowest BCUT2D eigenvalue weighted by atomic mass is 9.54. The van der Waals surface area contributed by atoms with Crippen LogP contribution in [0, 0.1) is 0 Å². The van der Waals surface area contributed by atoms with Gasteiger partial charge in [0, 0.05) is 29.5 Å². The number of benzene rings is 1. The van der Waals surface area contributed by atoms with Gasteiger partial charge in [-0.25, -0.2) is 0 Å². The Morgan fingerprint density at radius 2 is 1.81 bits per heavy atom. The molecule has 2 unspecified atom stereocenters. The van der Waals surface area contributed by atoms with Crippen molar-refractivity contribution >= 4 is 0 Å². The Bertz CT molecular complexity index is 718. The first-order chi connectivity index (χ1) is 10.2. The lowest BCUT2D eigenvalue weighted by Gasteiger charge is -2.48. The SMILES string of the molecule is CCC1(C)c2cccc3[n+]2CCC1(CC)c1ccccc1-3. The Hall–Kier alpha value is -1.63. The number of rotatable bonds is 2. The predicted octanol–water partition coefficient (Wildman–Crippen LogP) is 4.37. The van der Waals surface area contributed by atoms with Gasteiger partial charge in [0.25, 0.3) is 0 Å². The van der Waals surface area contributed by atoms with E-state index in [1.807, 2.05) is 0 Å². The summed E-state index contributed by atoms with van der Waals surface area (Å²) < 4.78 is 2.59. The van der Waals surface area contributed by atoms with E-state index in [4.69, 9.17) is 0 Å². The van der Waals surface area contributed by atoms with Crippen LogP contribution in [0.25, 0.3) is 11.3 Å². The molecule has 108 valence electrons. The van der Waals surface area contributed by atoms with Crippen molar-refractivity contribution in [2.75, 3.05) is 0 Å². The van der Waals surface area contributed by atoms with Crippen LogP contribution in [0.3, 0.4) is 0 Å². The summed E-state index contributed by atoms with van der Waals surface area (Å²) in [5.74, 6) is 0. The molecule has 0 radical (unpaired) electrons. The molecule has 3 aliphatic rings. The fraction of sp³-hybridized carbons (Fsp3) is 0.450. The molecule has 1 aromatic heterocycles. The molecule has 0 amide bonds. The maximum Gasteiger partial charge on any atom is 0.213 e. The second-order valence-corrected chi connectivity index (χ2v) is 6.86. The van der Waals surface area contributed by atoms with Crippen molar-refractivity contribution in [3.63, 3.8) is 0 Å². The molecule has 4 bridgehead atoms. The quantitative estimate of drug-likeness (QED) is 0.718. The average molecular weight is 278 g/mol. The third-order valence-electron chi connectivity index (χ3n) is 6.50. The summed E-state index contributed by atoms with van der Waals surface area (Å²) in [6.07, 6.45) is 3.67. The van der Waals surface area contributed by atoms with Crippen molar-refractivity contribution in [1.82, 2.24) is 0 Å². The molecule has 0 aliphatic carbocycles. The van der Waals surface area contributed by atoms with Crippen molar-refractivity contribution in [2.24, 2.45) is 0 Å². The molecule has 2 aromatic rings. The number of hydrogen-bond donors (Lipinski definition) is 0. The van der Waals surface area contributed by atoms with E-state index in [0.29, 0.717) is 0 Å². The van der Waals surface area contributed by atoms with Crippen LogP contribution in [0.2, 0.25) is 0 Å². The van der Waals surface area contributed by atoms with E-state index in [1.54, 1.807) is 5.56 Å². The highest BCUT2D eigenvalue weighted by atomic mass is 15.0. The molecule has 5 rings (SSSR count). The second-order valence-electron chi connectivity index (χ2n) is 6.86. The Morgan fingerprint density at radius 3 is 2.57 bits per heavy atom. The highest BCUT2D eigenvalue weighted by Gasteiger charge is 2.58. The molecule has 0 fully saturated rings. The number of hydrogen-bond acceptors (Lipinski definition) is 0. The van der Waals surface area contributed by atoms with Crippen LogP contribution in [-0.2, 0) is 17.4 Å². The minimum Gasteiger partial charge on any atom is -0.195 e. The Morgan fingerprint density at radius 1 is 1.00 bits per heavy atom. The van der Waals surface area contributed by atoms with Crippen molar-refractivity contribution in [2.45, 2.75) is 57.4 Å². The van der Waals surface area contributed by atoms with Gasteiger partial charge in [0.05, 0.1) is 5.41 Å². The fourth-order valence-corrected chi connectivity index (χ4v) is 5.15. The first kappa shape index (κ1) is 13.1. The summed E-state index contributed by atoms with van der Waals surface area (Å²) in [4.78, 5) is 0. The number of pyridine rings is 1. The van der Waals surface area contributed by atoms with Gasteiger partial charge in [0.15, 0.2) is 5.69 Å². The molecule has 1 heteroatoms. The summed E-state index contributed by atoms with van der Waals surface area (Å²) >= 11 is 0. The zero-order chi connectivity index (χ0) is 14.7. The molecular weight excluding hydrogens is 254 g/mol. The monoisotopic (exact) mass is 278 g/mol. The lowest BCUT2D eigenvalue weighted by Crippen LogP contribution is -2.59. The van der Waals surface area contributed by atoms with E-state index < -0.39 is 0 Å². The van der Waals surface area contributed by atoms with Crippen LogP contribution in [0.4, 0.5) is 0 Å². The molecule has 2 atom stereocenters. The highest BCUT2D eigenvalue weighted by molar-refractivity contribution is 5.66. The summed E-state index contributed by atoms with van der Waals surface area (Å²) in [5.41, 5.74) is 6.47. The zero-order valence-electron chi connectivity index (χ0n) is 13.3. The van der Waals surface area contributed by atoms with Gasteiger partial charge in [-0.15, -0.1) is 0 Å². The first-order valence-corrected chi connectivity index (χ1v) is 8.31. The Balaban J connectivity index is 2.20. The third kappa shape index (κ3) is 1.35. The normalized spacial score (nSPS) is 29.1. The van der Waals surface area contributed by atoms with Crippen LogP contribution < -0.4 is 4.57 Å². The summed E-state index contributed by atoms with van der Waals surface area (Å²) in [6.45, 7) is 8.39. The highest BCUT2D eigenvalue weighted by Crippen LogP contribution is 2.56. The Labute approximate surface area is 127 Å². The molecule has 4 heterocycles. The van der Waals surface area contributed by atoms with E-state index in [0.717, 1.165) is 6.54 Å². The van der Waals surface area contributed by atoms with E-state index in [-0.39, 0.29) is 10.8 Å². The van der Waals surface area contributed by atoms with Crippen LogP contribution in [0.1, 0.15) is 51.3 Å². The molecule has 0 saturated carbocycles. The van der Waals surface area contributed by atoms with Gasteiger partial charge in [-0.1, -0.05) is 32.0 Å². The van der Waals surface area contributed by atoms with Crippen molar-refractivity contribution in [3.8, 4) is 11.3 Å². The second kappa shape index (κ2) is 4.19. The number of aromatic nitrogens is 1. The van der Waals surface area contributed by atoms with Crippen LogP contribution in [0.5, 0.6) is 0 Å². The average Bonchev–Trinajstić information content (AvgIpc) is 2.71. The summed E-state index contributed by atoms with van der Waals surface area (Å²) in [6, 6.07) is 16.0. The maximum atomic E-state index is 2.59. The lowest BCUT2D eigenvalue weighted by molar-refractivity contribution is -0.705. The topological polar surface area (TPSA) is 3.88 Å². The maximum absolute atomic E-state index is 2.59. The van der Waals surface area contributed by atoms with Crippen molar-refractivity contribution in [3.05, 3.63) is 53.7 Å². The molecule has 0 N–H and O–H groups in total. The molecule has 1 aromatic carbocycles. The predicted molar refractivity (Wildman–Crippen MR) is 86.3 cm³/mol. The standard InChI is InChI=1S/C20H24N/c1-4-19(3)18-12-8-11-17-15-9-6-7-10-16(15)20(19,5-2)13-14-21(17)18/h6-12H,4-5,13-14H2,1-3H3/q+1. The summed E-state index contributed by atoms with van der Waals surface area (Å²) in [7, 11) is 0. The summed E-state index contributed by atoms with van der Waals surface area (Å²) in [5, 5.41) is 0. The van der Waals surface area contributed by atoms with E-state index in [9.17, 15) is 0 Å². The van der Waals surface area contributed by atoms with E-state index in [2.05, 4.69) is 67.8 Å². The van der Waals surface area contributed by atoms with Crippen molar-refractivity contribution < 1.29 is 4.57 Å². The van der Waals surface area contributed by atoms with E-state index >= 15 is 0 Å². The van der Waals surface area contributed by atoms with Gasteiger partial charge in [0.2, 0.25) is 5.69 Å². The van der Waals surface area contributed by atoms with Crippen LogP contribution in [-0.4, -0.2) is 0 Å². The van der Waals surface area contributed by atoms with Gasteiger partial charge < -0.3 is 0 Å². The molecule has 1 nitrogen and oxygen atoms in total. The van der Waals surface area contributed by atoms with Gasteiger partial charge in [-0.05, 0) is 37.5 Å². The largest absolute Gasteiger partial charge is 0.213 e. The Kier molecular flexibility index (Phi) is 2.61. The first-order valence-electron chi connectivity index (χ1n) is 8.31. The van der Waals surface area contributed by atoms with E-state index in [1.165, 1.54) is 36.2 Å². The number of nitrogens with zero attached hydrogens (tertiary/aromatic N) is 1. The minimum atomic E-state index is 0.225. The molecule has 21 heavy (non-hydrogen) atoms. The van der Waals surface area contributed by atoms with Gasteiger partial charge >= 0.3 is 0 Å². The molecular formula is C20H24N+. The molecule has 3 aliphatic heterocycles. The minimum absolute atomic E-state index is 0.225. The zero-order valence-corrected chi connectivity index (χ0v) is 13.3. The van der Waals surface area contributed by atoms with Crippen LogP contribution >= 0.6 is 0 Å². The third-order valence-corrected chi connectivity index (χ3v) is 6.50. The number of fused-ring (bicyclic) bond motifs is 1.